The van der Waals surface area contributed by atoms with Crippen LogP contribution in [0.3, 0.4) is 0 Å². The molecule has 1 N–H and O–H groups in total. The number of nitrogens with zero attached hydrogens (tertiary/aromatic N) is 1. The second-order valence-corrected chi connectivity index (χ2v) is 4.58. The molecule has 2 atom stereocenters. The summed E-state index contributed by atoms with van der Waals surface area (Å²) in [4.78, 5) is 14.0. The fourth-order valence-electron chi connectivity index (χ4n) is 2.12. The minimum absolute atomic E-state index is 0.124. The third-order valence-electron chi connectivity index (χ3n) is 3.00. The minimum Gasteiger partial charge on any atom is -0.341 e. The zero-order valence-electron chi connectivity index (χ0n) is 10.3. The molecular formula is C13H22N2O. The summed E-state index contributed by atoms with van der Waals surface area (Å²) in [7, 11) is 0. The van der Waals surface area contributed by atoms with Crippen molar-refractivity contribution in [1.82, 2.24) is 10.2 Å². The molecule has 1 amide bonds. The summed E-state index contributed by atoms with van der Waals surface area (Å²) in [6, 6.07) is 0.0789. The van der Waals surface area contributed by atoms with Crippen molar-refractivity contribution in [3.8, 4) is 12.3 Å². The van der Waals surface area contributed by atoms with Crippen molar-refractivity contribution in [3.63, 3.8) is 0 Å². The van der Waals surface area contributed by atoms with Gasteiger partial charge in [0.1, 0.15) is 0 Å². The van der Waals surface area contributed by atoms with E-state index in [1.807, 2.05) is 18.7 Å². The molecule has 1 aliphatic rings. The van der Waals surface area contributed by atoms with E-state index in [9.17, 15) is 4.79 Å². The van der Waals surface area contributed by atoms with E-state index >= 15 is 0 Å². The van der Waals surface area contributed by atoms with Crippen LogP contribution in [0.25, 0.3) is 0 Å². The van der Waals surface area contributed by atoms with Gasteiger partial charge in [0.05, 0.1) is 6.04 Å². The van der Waals surface area contributed by atoms with Crippen LogP contribution in [0.5, 0.6) is 0 Å². The summed E-state index contributed by atoms with van der Waals surface area (Å²) >= 11 is 0. The molecule has 1 rings (SSSR count). The Morgan fingerprint density at radius 2 is 2.00 bits per heavy atom. The van der Waals surface area contributed by atoms with Crippen molar-refractivity contribution in [1.29, 1.82) is 0 Å². The normalized spacial score (nSPS) is 19.9. The van der Waals surface area contributed by atoms with E-state index in [-0.39, 0.29) is 18.0 Å². The van der Waals surface area contributed by atoms with Gasteiger partial charge in [-0.15, -0.1) is 12.3 Å². The second kappa shape index (κ2) is 6.55. The molecule has 0 aromatic carbocycles. The maximum absolute atomic E-state index is 12.0. The first kappa shape index (κ1) is 13.1. The number of rotatable bonds is 4. The number of carbonyl (C=O) groups excluding carboxylic acids is 1. The summed E-state index contributed by atoms with van der Waals surface area (Å²) in [5, 5.41) is 3.24. The third kappa shape index (κ3) is 3.86. The summed E-state index contributed by atoms with van der Waals surface area (Å²) in [5.74, 6) is 2.82. The number of terminal acetylenes is 1. The Morgan fingerprint density at radius 3 is 2.56 bits per heavy atom. The molecule has 0 aliphatic carbocycles. The van der Waals surface area contributed by atoms with Gasteiger partial charge in [-0.3, -0.25) is 4.79 Å². The van der Waals surface area contributed by atoms with Crippen molar-refractivity contribution in [3.05, 3.63) is 0 Å². The largest absolute Gasteiger partial charge is 0.341 e. The Bertz CT molecular complexity index is 264. The smallest absolute Gasteiger partial charge is 0.239 e. The van der Waals surface area contributed by atoms with Crippen LogP contribution in [0.2, 0.25) is 0 Å². The molecule has 3 heteroatoms. The molecule has 16 heavy (non-hydrogen) atoms. The average molecular weight is 222 g/mol. The molecule has 0 aromatic rings. The molecule has 1 aliphatic heterocycles. The average Bonchev–Trinajstić information content (AvgIpc) is 2.29. The van der Waals surface area contributed by atoms with Crippen LogP contribution >= 0.6 is 0 Å². The number of nitrogens with one attached hydrogen (secondary N) is 1. The van der Waals surface area contributed by atoms with E-state index in [4.69, 9.17) is 6.42 Å². The Kier molecular flexibility index (Phi) is 5.34. The number of carbonyl (C=O) groups is 1. The van der Waals surface area contributed by atoms with Crippen molar-refractivity contribution >= 4 is 5.91 Å². The van der Waals surface area contributed by atoms with E-state index in [2.05, 4.69) is 11.2 Å². The highest BCUT2D eigenvalue weighted by Crippen LogP contribution is 2.10. The summed E-state index contributed by atoms with van der Waals surface area (Å²) in [6.07, 6.45) is 9.43. The number of amides is 1. The van der Waals surface area contributed by atoms with Gasteiger partial charge in [0.25, 0.3) is 0 Å². The molecule has 0 spiro atoms. The molecule has 0 saturated carbocycles. The lowest BCUT2D eigenvalue weighted by Crippen LogP contribution is -2.49. The predicted octanol–water partition coefficient (Wildman–Crippen LogP) is 1.39. The molecule has 0 radical (unpaired) electrons. The number of piperidine rings is 1. The molecule has 0 aromatic heterocycles. The topological polar surface area (TPSA) is 32.3 Å². The SMILES string of the molecule is C#CCC(C)NC(C)C(=O)N1CCCCC1. The summed E-state index contributed by atoms with van der Waals surface area (Å²) in [6.45, 7) is 5.76. The molecule has 1 saturated heterocycles. The molecule has 90 valence electrons. The molecule has 2 unspecified atom stereocenters. The maximum atomic E-state index is 12.0. The van der Waals surface area contributed by atoms with Gasteiger partial charge in [0, 0.05) is 25.6 Å². The second-order valence-electron chi connectivity index (χ2n) is 4.58. The molecule has 1 heterocycles. The maximum Gasteiger partial charge on any atom is 0.239 e. The molecular weight excluding hydrogens is 200 g/mol. The minimum atomic E-state index is -0.124. The summed E-state index contributed by atoms with van der Waals surface area (Å²) < 4.78 is 0. The molecule has 3 nitrogen and oxygen atoms in total. The third-order valence-corrected chi connectivity index (χ3v) is 3.00. The Morgan fingerprint density at radius 1 is 1.38 bits per heavy atom. The van der Waals surface area contributed by atoms with Crippen LogP contribution in [0.15, 0.2) is 0 Å². The highest BCUT2D eigenvalue weighted by Gasteiger charge is 2.22. The van der Waals surface area contributed by atoms with E-state index in [0.717, 1.165) is 25.9 Å². The van der Waals surface area contributed by atoms with Crippen molar-refractivity contribution < 1.29 is 4.79 Å². The van der Waals surface area contributed by atoms with Gasteiger partial charge in [-0.2, -0.15) is 0 Å². The van der Waals surface area contributed by atoms with Gasteiger partial charge >= 0.3 is 0 Å². The van der Waals surface area contributed by atoms with Gasteiger partial charge < -0.3 is 10.2 Å². The van der Waals surface area contributed by atoms with E-state index in [0.29, 0.717) is 6.42 Å². The number of likely N-dealkylation sites (tertiary alicyclic amines) is 1. The lowest BCUT2D eigenvalue weighted by atomic mass is 10.1. The zero-order valence-corrected chi connectivity index (χ0v) is 10.3. The first-order valence-corrected chi connectivity index (χ1v) is 6.13. The predicted molar refractivity (Wildman–Crippen MR) is 65.9 cm³/mol. The van der Waals surface area contributed by atoms with Gasteiger partial charge in [-0.25, -0.2) is 0 Å². The van der Waals surface area contributed by atoms with Crippen LogP contribution in [-0.4, -0.2) is 36.0 Å². The van der Waals surface area contributed by atoms with E-state index in [1.54, 1.807) is 0 Å². The van der Waals surface area contributed by atoms with E-state index in [1.165, 1.54) is 6.42 Å². The Labute approximate surface area is 98.6 Å². The van der Waals surface area contributed by atoms with Crippen LogP contribution in [0.4, 0.5) is 0 Å². The van der Waals surface area contributed by atoms with Crippen molar-refractivity contribution in [2.45, 2.75) is 51.6 Å². The molecule has 1 fully saturated rings. The first-order chi connectivity index (χ1) is 7.65. The fourth-order valence-corrected chi connectivity index (χ4v) is 2.12. The highest BCUT2D eigenvalue weighted by molar-refractivity contribution is 5.81. The molecule has 0 bridgehead atoms. The lowest BCUT2D eigenvalue weighted by Gasteiger charge is -2.30. The van der Waals surface area contributed by atoms with Gasteiger partial charge in [0.15, 0.2) is 0 Å². The van der Waals surface area contributed by atoms with Gasteiger partial charge in [0.2, 0.25) is 5.91 Å². The van der Waals surface area contributed by atoms with Crippen LogP contribution in [0, 0.1) is 12.3 Å². The van der Waals surface area contributed by atoms with Crippen LogP contribution in [0.1, 0.15) is 39.5 Å². The van der Waals surface area contributed by atoms with Gasteiger partial charge in [-0.05, 0) is 33.1 Å². The first-order valence-electron chi connectivity index (χ1n) is 6.13. The Hall–Kier alpha value is -1.01. The quantitative estimate of drug-likeness (QED) is 0.729. The fraction of sp³-hybridized carbons (Fsp3) is 0.769. The Balaban J connectivity index is 2.37. The number of hydrogen-bond acceptors (Lipinski definition) is 2. The highest BCUT2D eigenvalue weighted by atomic mass is 16.2. The van der Waals surface area contributed by atoms with Crippen molar-refractivity contribution in [2.75, 3.05) is 13.1 Å². The van der Waals surface area contributed by atoms with Crippen molar-refractivity contribution in [2.24, 2.45) is 0 Å². The number of hydrogen-bond donors (Lipinski definition) is 1. The summed E-state index contributed by atoms with van der Waals surface area (Å²) in [5.41, 5.74) is 0. The van der Waals surface area contributed by atoms with Crippen LogP contribution in [-0.2, 0) is 4.79 Å². The monoisotopic (exact) mass is 222 g/mol. The zero-order chi connectivity index (χ0) is 12.0. The van der Waals surface area contributed by atoms with E-state index < -0.39 is 0 Å². The lowest BCUT2D eigenvalue weighted by molar-refractivity contribution is -0.134. The van der Waals surface area contributed by atoms with Crippen LogP contribution < -0.4 is 5.32 Å². The van der Waals surface area contributed by atoms with Gasteiger partial charge in [-0.1, -0.05) is 0 Å². The standard InChI is InChI=1S/C13H22N2O/c1-4-8-11(2)14-12(3)13(16)15-9-6-5-7-10-15/h1,11-12,14H,5-10H2,2-3H3.